The van der Waals surface area contributed by atoms with E-state index in [0.29, 0.717) is 0 Å². The van der Waals surface area contributed by atoms with Gasteiger partial charge in [-0.25, -0.2) is 0 Å². The van der Waals surface area contributed by atoms with Gasteiger partial charge in [0.25, 0.3) is 12.3 Å². The summed E-state index contributed by atoms with van der Waals surface area (Å²) < 4.78 is 10.6. The lowest BCUT2D eigenvalue weighted by atomic mass is 10.3. The van der Waals surface area contributed by atoms with Gasteiger partial charge >= 0.3 is 0 Å². The average Bonchev–Trinajstić information content (AvgIpc) is 2.32. The summed E-state index contributed by atoms with van der Waals surface area (Å²) in [5.41, 5.74) is 0. The fourth-order valence-corrected chi connectivity index (χ4v) is 1.46. The Morgan fingerprint density at radius 2 is 1.00 bits per heavy atom. The quantitative estimate of drug-likeness (QED) is 0.729. The van der Waals surface area contributed by atoms with E-state index in [2.05, 4.69) is 0 Å². The molecule has 0 fully saturated rings. The molecule has 0 aromatic heterocycles. The summed E-state index contributed by atoms with van der Waals surface area (Å²) >= 11 is 0.959. The maximum absolute atomic E-state index is 5.30. The Labute approximate surface area is 93.3 Å². The molecule has 2 nitrogen and oxygen atoms in total. The third-order valence-corrected chi connectivity index (χ3v) is 2.27. The second-order valence-electron chi connectivity index (χ2n) is 2.86. The number of hydrogen-bond acceptors (Lipinski definition) is 3. The molecule has 0 heterocycles. The van der Waals surface area contributed by atoms with Crippen LogP contribution in [0.25, 0.3) is 0 Å². The number of rotatable bonds is 4. The fourth-order valence-electron chi connectivity index (χ4n) is 1.05. The number of benzene rings is 2. The van der Waals surface area contributed by atoms with Crippen LogP contribution in [0.1, 0.15) is 0 Å². The molecule has 0 aliphatic heterocycles. The van der Waals surface area contributed by atoms with Crippen molar-refractivity contribution in [1.29, 1.82) is 0 Å². The van der Waals surface area contributed by atoms with Crippen molar-refractivity contribution in [3.8, 4) is 11.5 Å². The predicted octanol–water partition coefficient (Wildman–Crippen LogP) is 3.71. The summed E-state index contributed by atoms with van der Waals surface area (Å²) in [6.45, 7) is 0. The first-order chi connectivity index (χ1) is 7.45. The van der Waals surface area contributed by atoms with Crippen molar-refractivity contribution in [3.05, 3.63) is 60.7 Å². The first-order valence-corrected chi connectivity index (χ1v) is 5.23. The summed E-state index contributed by atoms with van der Waals surface area (Å²) in [6, 6.07) is 19.0. The van der Waals surface area contributed by atoms with Crippen LogP contribution in [0, 0.1) is 0 Å². The summed E-state index contributed by atoms with van der Waals surface area (Å²) in [5, 5.41) is 0. The molecule has 2 aromatic rings. The summed E-state index contributed by atoms with van der Waals surface area (Å²) in [5.74, 6) is 1.55. The van der Waals surface area contributed by atoms with Gasteiger partial charge in [0.2, 0.25) is 0 Å². The van der Waals surface area contributed by atoms with Crippen LogP contribution in [-0.4, -0.2) is 0 Å². The molecule has 0 bridgehead atoms. The molecule has 0 saturated carbocycles. The smallest absolute Gasteiger partial charge is 0.293 e. The minimum Gasteiger partial charge on any atom is -0.391 e. The number of para-hydroxylation sites is 2. The van der Waals surface area contributed by atoms with Crippen LogP contribution in [0.3, 0.4) is 0 Å². The van der Waals surface area contributed by atoms with Gasteiger partial charge in [-0.15, -0.1) is 0 Å². The Kier molecular flexibility index (Phi) is 3.52. The summed E-state index contributed by atoms with van der Waals surface area (Å²) in [7, 11) is 0. The molecule has 3 heteroatoms. The minimum absolute atomic E-state index is 0.776. The largest absolute Gasteiger partial charge is 0.391 e. The average molecular weight is 218 g/mol. The molecule has 0 saturated heterocycles. The molecular formula is C12H10O2S. The Bertz CT molecular complexity index is 349. The standard InChI is InChI=1S/C12H10O2S/c1-3-7-11(8-4-1)13-15-14-12-9-5-2-6-10-12/h1-10H. The molecule has 76 valence electrons. The second kappa shape index (κ2) is 5.32. The topological polar surface area (TPSA) is 18.5 Å². The van der Waals surface area contributed by atoms with Crippen LogP contribution < -0.4 is 8.37 Å². The van der Waals surface area contributed by atoms with Gasteiger partial charge in [0, 0.05) is 0 Å². The van der Waals surface area contributed by atoms with Gasteiger partial charge in [-0.3, -0.25) is 0 Å². The van der Waals surface area contributed by atoms with Gasteiger partial charge in [-0.2, -0.15) is 0 Å². The molecule has 0 unspecified atom stereocenters. The van der Waals surface area contributed by atoms with Crippen LogP contribution in [0.15, 0.2) is 60.7 Å². The predicted molar refractivity (Wildman–Crippen MR) is 61.7 cm³/mol. The van der Waals surface area contributed by atoms with Crippen LogP contribution >= 0.6 is 12.3 Å². The van der Waals surface area contributed by atoms with Gasteiger partial charge in [-0.1, -0.05) is 36.4 Å². The Morgan fingerprint density at radius 3 is 1.40 bits per heavy atom. The van der Waals surface area contributed by atoms with Gasteiger partial charge in [0.15, 0.2) is 0 Å². The molecule has 0 aliphatic carbocycles. The highest BCUT2D eigenvalue weighted by Crippen LogP contribution is 2.19. The maximum Gasteiger partial charge on any atom is 0.293 e. The summed E-state index contributed by atoms with van der Waals surface area (Å²) in [6.07, 6.45) is 0. The highest BCUT2D eigenvalue weighted by molar-refractivity contribution is 7.90. The Hall–Kier alpha value is -1.61. The van der Waals surface area contributed by atoms with Crippen molar-refractivity contribution >= 4 is 12.3 Å². The van der Waals surface area contributed by atoms with E-state index in [0.717, 1.165) is 23.8 Å². The highest BCUT2D eigenvalue weighted by Gasteiger charge is 1.95. The van der Waals surface area contributed by atoms with Crippen LogP contribution in [0.2, 0.25) is 0 Å². The van der Waals surface area contributed by atoms with Crippen molar-refractivity contribution in [2.75, 3.05) is 0 Å². The van der Waals surface area contributed by atoms with Crippen LogP contribution in [0.4, 0.5) is 0 Å². The van der Waals surface area contributed by atoms with Gasteiger partial charge < -0.3 is 8.37 Å². The van der Waals surface area contributed by atoms with Crippen LogP contribution in [0.5, 0.6) is 11.5 Å². The first-order valence-electron chi connectivity index (χ1n) is 4.56. The van der Waals surface area contributed by atoms with Gasteiger partial charge in [0.05, 0.1) is 0 Å². The molecule has 0 N–H and O–H groups in total. The molecule has 0 radical (unpaired) electrons. The molecular weight excluding hydrogens is 208 g/mol. The lowest BCUT2D eigenvalue weighted by Crippen LogP contribution is -1.86. The summed E-state index contributed by atoms with van der Waals surface area (Å²) in [4.78, 5) is 0. The maximum atomic E-state index is 5.30. The zero-order valence-corrected chi connectivity index (χ0v) is 8.81. The lowest BCUT2D eigenvalue weighted by Gasteiger charge is -2.03. The fraction of sp³-hybridized carbons (Fsp3) is 0. The minimum atomic E-state index is 0.776. The van der Waals surface area contributed by atoms with Crippen molar-refractivity contribution in [2.45, 2.75) is 0 Å². The first kappa shape index (κ1) is 9.93. The van der Waals surface area contributed by atoms with E-state index in [1.54, 1.807) is 0 Å². The van der Waals surface area contributed by atoms with E-state index >= 15 is 0 Å². The molecule has 15 heavy (non-hydrogen) atoms. The van der Waals surface area contributed by atoms with E-state index in [4.69, 9.17) is 8.37 Å². The Morgan fingerprint density at radius 1 is 0.600 bits per heavy atom. The van der Waals surface area contributed by atoms with E-state index in [-0.39, 0.29) is 0 Å². The monoisotopic (exact) mass is 218 g/mol. The normalized spacial score (nSPS) is 9.60. The number of hydrogen-bond donors (Lipinski definition) is 0. The van der Waals surface area contributed by atoms with Crippen molar-refractivity contribution in [3.63, 3.8) is 0 Å². The SMILES string of the molecule is c1ccc(OSOc2ccccc2)cc1. The van der Waals surface area contributed by atoms with Gasteiger partial charge in [-0.05, 0) is 24.3 Å². The van der Waals surface area contributed by atoms with Crippen molar-refractivity contribution in [1.82, 2.24) is 0 Å². The lowest BCUT2D eigenvalue weighted by molar-refractivity contribution is 0.540. The van der Waals surface area contributed by atoms with Gasteiger partial charge in [0.1, 0.15) is 11.5 Å². The van der Waals surface area contributed by atoms with E-state index in [1.165, 1.54) is 0 Å². The molecule has 0 spiro atoms. The third kappa shape index (κ3) is 3.22. The molecule has 0 aliphatic rings. The molecule has 2 rings (SSSR count). The van der Waals surface area contributed by atoms with Crippen LogP contribution in [-0.2, 0) is 0 Å². The molecule has 0 amide bonds. The van der Waals surface area contributed by atoms with Crippen molar-refractivity contribution in [2.24, 2.45) is 0 Å². The van der Waals surface area contributed by atoms with Crippen molar-refractivity contribution < 1.29 is 8.37 Å². The third-order valence-electron chi connectivity index (χ3n) is 1.75. The second-order valence-corrected chi connectivity index (χ2v) is 3.33. The zero-order valence-electron chi connectivity index (χ0n) is 8.00. The van der Waals surface area contributed by atoms with E-state index in [1.807, 2.05) is 60.7 Å². The molecule has 0 atom stereocenters. The van der Waals surface area contributed by atoms with E-state index < -0.39 is 0 Å². The molecule has 2 aromatic carbocycles. The van der Waals surface area contributed by atoms with E-state index in [9.17, 15) is 0 Å². The Balaban J connectivity index is 1.81. The highest BCUT2D eigenvalue weighted by atomic mass is 32.2. The zero-order chi connectivity index (χ0) is 10.3.